The van der Waals surface area contributed by atoms with E-state index in [-0.39, 0.29) is 0 Å². The van der Waals surface area contributed by atoms with Crippen molar-refractivity contribution in [1.29, 1.82) is 5.26 Å². The van der Waals surface area contributed by atoms with Crippen LogP contribution in [-0.2, 0) is 0 Å². The Hall–Kier alpha value is -3.00. The molecule has 0 atom stereocenters. The van der Waals surface area contributed by atoms with Crippen LogP contribution in [0.4, 0.5) is 17.1 Å². The van der Waals surface area contributed by atoms with Gasteiger partial charge in [-0.05, 0) is 36.4 Å². The summed E-state index contributed by atoms with van der Waals surface area (Å²) in [4.78, 5) is 13.0. The molecular formula is C15H14N4O. The molecule has 0 heterocycles. The highest BCUT2D eigenvalue weighted by molar-refractivity contribution is 5.95. The first kappa shape index (κ1) is 13.4. The van der Waals surface area contributed by atoms with Crippen LogP contribution in [0.2, 0.25) is 0 Å². The van der Waals surface area contributed by atoms with E-state index in [9.17, 15) is 4.79 Å². The molecular weight excluding hydrogens is 252 g/mol. The van der Waals surface area contributed by atoms with Gasteiger partial charge in [-0.1, -0.05) is 6.07 Å². The molecule has 0 saturated heterocycles. The predicted octanol–water partition coefficient (Wildman–Crippen LogP) is 2.01. The van der Waals surface area contributed by atoms with Gasteiger partial charge in [0.25, 0.3) is 0 Å². The van der Waals surface area contributed by atoms with E-state index in [0.717, 1.165) is 11.4 Å². The van der Waals surface area contributed by atoms with Gasteiger partial charge in [-0.2, -0.15) is 5.26 Å². The Balaban J connectivity index is 2.40. The molecule has 0 bridgehead atoms. The van der Waals surface area contributed by atoms with Crippen molar-refractivity contribution < 1.29 is 4.79 Å². The van der Waals surface area contributed by atoms with E-state index in [0.29, 0.717) is 16.8 Å². The summed E-state index contributed by atoms with van der Waals surface area (Å²) in [6.07, 6.45) is 0. The van der Waals surface area contributed by atoms with Gasteiger partial charge in [-0.25, -0.2) is 0 Å². The fourth-order valence-electron chi connectivity index (χ4n) is 1.94. The topological polar surface area (TPSA) is 96.1 Å². The molecule has 2 rings (SSSR count). The molecule has 0 aliphatic carbocycles. The number of nitrogens with zero attached hydrogens (tertiary/aromatic N) is 2. The van der Waals surface area contributed by atoms with E-state index in [4.69, 9.17) is 16.7 Å². The van der Waals surface area contributed by atoms with Crippen LogP contribution < -0.4 is 16.4 Å². The summed E-state index contributed by atoms with van der Waals surface area (Å²) in [5, 5.41) is 8.92. The molecule has 2 aromatic carbocycles. The van der Waals surface area contributed by atoms with Crippen LogP contribution >= 0.6 is 0 Å². The molecule has 100 valence electrons. The lowest BCUT2D eigenvalue weighted by Gasteiger charge is -2.21. The molecule has 1 amide bonds. The first-order valence-electron chi connectivity index (χ1n) is 5.96. The Morgan fingerprint density at radius 1 is 1.25 bits per heavy atom. The van der Waals surface area contributed by atoms with Gasteiger partial charge in [0, 0.05) is 18.3 Å². The van der Waals surface area contributed by atoms with E-state index in [1.807, 2.05) is 18.0 Å². The quantitative estimate of drug-likeness (QED) is 0.830. The van der Waals surface area contributed by atoms with Gasteiger partial charge >= 0.3 is 0 Å². The number of hydrogen-bond donors (Lipinski definition) is 2. The van der Waals surface area contributed by atoms with Crippen molar-refractivity contribution in [1.82, 2.24) is 0 Å². The Morgan fingerprint density at radius 2 is 2.00 bits per heavy atom. The average molecular weight is 266 g/mol. The van der Waals surface area contributed by atoms with Crippen LogP contribution in [0, 0.1) is 11.3 Å². The van der Waals surface area contributed by atoms with Crippen molar-refractivity contribution >= 4 is 23.0 Å². The lowest BCUT2D eigenvalue weighted by molar-refractivity contribution is 0.100. The van der Waals surface area contributed by atoms with E-state index in [1.54, 1.807) is 36.4 Å². The number of rotatable bonds is 3. The number of primary amides is 1. The van der Waals surface area contributed by atoms with Crippen LogP contribution in [0.5, 0.6) is 0 Å². The Bertz CT molecular complexity index is 703. The number of nitrogens with two attached hydrogens (primary N) is 2. The maximum absolute atomic E-state index is 11.1. The second kappa shape index (κ2) is 5.33. The number of anilines is 3. The molecule has 20 heavy (non-hydrogen) atoms. The molecule has 0 saturated carbocycles. The summed E-state index contributed by atoms with van der Waals surface area (Å²) in [5.41, 5.74) is 14.1. The fraction of sp³-hybridized carbons (Fsp3) is 0.0667. The van der Waals surface area contributed by atoms with Crippen molar-refractivity contribution in [3.8, 4) is 6.07 Å². The number of carbonyl (C=O) groups is 1. The van der Waals surface area contributed by atoms with Gasteiger partial charge in [-0.15, -0.1) is 0 Å². The van der Waals surface area contributed by atoms with Crippen molar-refractivity contribution in [2.24, 2.45) is 5.73 Å². The maximum atomic E-state index is 11.1. The fourth-order valence-corrected chi connectivity index (χ4v) is 1.94. The smallest absolute Gasteiger partial charge is 0.248 e. The second-order valence-corrected chi connectivity index (χ2v) is 4.36. The number of nitriles is 1. The first-order valence-corrected chi connectivity index (χ1v) is 5.96. The van der Waals surface area contributed by atoms with E-state index in [1.165, 1.54) is 0 Å². The number of carbonyl (C=O) groups excluding carboxylic acids is 1. The molecule has 4 N–H and O–H groups in total. The third-order valence-corrected chi connectivity index (χ3v) is 3.04. The molecule has 0 fully saturated rings. The predicted molar refractivity (Wildman–Crippen MR) is 78.6 cm³/mol. The highest BCUT2D eigenvalue weighted by atomic mass is 16.1. The number of amides is 1. The highest BCUT2D eigenvalue weighted by Crippen LogP contribution is 2.29. The van der Waals surface area contributed by atoms with Crippen LogP contribution in [0.25, 0.3) is 0 Å². The molecule has 5 nitrogen and oxygen atoms in total. The molecule has 0 aromatic heterocycles. The Morgan fingerprint density at radius 3 is 2.60 bits per heavy atom. The minimum absolute atomic E-state index is 0.366. The number of nitrogen functional groups attached to an aromatic ring is 1. The molecule has 0 radical (unpaired) electrons. The van der Waals surface area contributed by atoms with Crippen LogP contribution in [0.3, 0.4) is 0 Å². The minimum Gasteiger partial charge on any atom is -0.397 e. The summed E-state index contributed by atoms with van der Waals surface area (Å²) >= 11 is 0. The van der Waals surface area contributed by atoms with Crippen molar-refractivity contribution in [3.05, 3.63) is 53.6 Å². The number of benzene rings is 2. The summed E-state index contributed by atoms with van der Waals surface area (Å²) in [5.74, 6) is -0.516. The van der Waals surface area contributed by atoms with E-state index >= 15 is 0 Å². The molecule has 2 aromatic rings. The van der Waals surface area contributed by atoms with Crippen molar-refractivity contribution in [3.63, 3.8) is 0 Å². The van der Waals surface area contributed by atoms with E-state index in [2.05, 4.69) is 6.07 Å². The average Bonchev–Trinajstić information content (AvgIpc) is 2.46. The highest BCUT2D eigenvalue weighted by Gasteiger charge is 2.10. The molecule has 0 spiro atoms. The first-order chi connectivity index (χ1) is 9.52. The number of hydrogen-bond acceptors (Lipinski definition) is 4. The van der Waals surface area contributed by atoms with Gasteiger partial charge in [0.05, 0.1) is 23.0 Å². The Kier molecular flexibility index (Phi) is 3.58. The zero-order valence-corrected chi connectivity index (χ0v) is 11.0. The summed E-state index contributed by atoms with van der Waals surface area (Å²) in [6.45, 7) is 0. The van der Waals surface area contributed by atoms with Crippen LogP contribution in [-0.4, -0.2) is 13.0 Å². The maximum Gasteiger partial charge on any atom is 0.248 e. The lowest BCUT2D eigenvalue weighted by atomic mass is 10.1. The summed E-state index contributed by atoms with van der Waals surface area (Å²) in [6, 6.07) is 14.2. The summed E-state index contributed by atoms with van der Waals surface area (Å²) < 4.78 is 0. The SMILES string of the molecule is CN(c1cccc(C#N)c1)c1ccc(C(N)=O)cc1N. The normalized spacial score (nSPS) is 9.80. The van der Waals surface area contributed by atoms with Gasteiger partial charge in [0.1, 0.15) is 0 Å². The zero-order chi connectivity index (χ0) is 14.7. The van der Waals surface area contributed by atoms with Gasteiger partial charge < -0.3 is 16.4 Å². The van der Waals surface area contributed by atoms with Gasteiger partial charge in [-0.3, -0.25) is 4.79 Å². The summed E-state index contributed by atoms with van der Waals surface area (Å²) in [7, 11) is 1.84. The second-order valence-electron chi connectivity index (χ2n) is 4.36. The van der Waals surface area contributed by atoms with Gasteiger partial charge in [0.15, 0.2) is 0 Å². The van der Waals surface area contributed by atoms with Crippen molar-refractivity contribution in [2.75, 3.05) is 17.7 Å². The Labute approximate surface area is 117 Å². The monoisotopic (exact) mass is 266 g/mol. The third-order valence-electron chi connectivity index (χ3n) is 3.04. The van der Waals surface area contributed by atoms with Crippen molar-refractivity contribution in [2.45, 2.75) is 0 Å². The van der Waals surface area contributed by atoms with Crippen LogP contribution in [0.1, 0.15) is 15.9 Å². The van der Waals surface area contributed by atoms with Gasteiger partial charge in [0.2, 0.25) is 5.91 Å². The zero-order valence-electron chi connectivity index (χ0n) is 11.0. The largest absolute Gasteiger partial charge is 0.397 e. The van der Waals surface area contributed by atoms with Crippen LogP contribution in [0.15, 0.2) is 42.5 Å². The van der Waals surface area contributed by atoms with E-state index < -0.39 is 5.91 Å². The lowest BCUT2D eigenvalue weighted by Crippen LogP contribution is -2.14. The third kappa shape index (κ3) is 2.54. The molecule has 0 aliphatic heterocycles. The standard InChI is InChI=1S/C15H14N4O/c1-19(12-4-2-3-10(7-12)9-16)14-6-5-11(15(18)20)8-13(14)17/h2-8H,17H2,1H3,(H2,18,20). The molecule has 0 aliphatic rings. The molecule has 0 unspecified atom stereocenters. The molecule has 5 heteroatoms. The minimum atomic E-state index is -0.516.